The van der Waals surface area contributed by atoms with Crippen molar-refractivity contribution in [3.63, 3.8) is 0 Å². The van der Waals surface area contributed by atoms with Crippen molar-refractivity contribution in [1.29, 1.82) is 0 Å². The summed E-state index contributed by atoms with van der Waals surface area (Å²) >= 11 is 0. The van der Waals surface area contributed by atoms with Gasteiger partial charge in [-0.2, -0.15) is 0 Å². The first-order valence-electron chi connectivity index (χ1n) is 9.78. The van der Waals surface area contributed by atoms with Gasteiger partial charge in [-0.25, -0.2) is 4.79 Å². The molecule has 2 unspecified atom stereocenters. The summed E-state index contributed by atoms with van der Waals surface area (Å²) in [6, 6.07) is 25.2. The highest BCUT2D eigenvalue weighted by Gasteiger charge is 2.50. The maximum Gasteiger partial charge on any atom is 0.325 e. The number of anilines is 1. The second kappa shape index (κ2) is 6.85. The highest BCUT2D eigenvalue weighted by Crippen LogP contribution is 2.49. The number of nitrogens with zero attached hydrogens (tertiary/aromatic N) is 1. The zero-order chi connectivity index (χ0) is 19.8. The molecular weight excluding hydrogens is 364 g/mol. The van der Waals surface area contributed by atoms with Gasteiger partial charge >= 0.3 is 6.03 Å². The van der Waals surface area contributed by atoms with Crippen LogP contribution in [0.25, 0.3) is 0 Å². The van der Waals surface area contributed by atoms with Gasteiger partial charge in [0.25, 0.3) is 0 Å². The summed E-state index contributed by atoms with van der Waals surface area (Å²) in [4.78, 5) is 14.6. The van der Waals surface area contributed by atoms with E-state index in [2.05, 4.69) is 5.32 Å². The van der Waals surface area contributed by atoms with Crippen molar-refractivity contribution in [3.05, 3.63) is 90.0 Å². The van der Waals surface area contributed by atoms with Crippen molar-refractivity contribution in [2.24, 2.45) is 0 Å². The SMILES string of the molecule is CC12CC(NC(=O)N1c1ccccc1)c1cccc(OCc3ccccc3)c1O2. The maximum atomic E-state index is 12.9. The Bertz CT molecular complexity index is 1040. The Morgan fingerprint density at radius 2 is 1.76 bits per heavy atom. The minimum absolute atomic E-state index is 0.114. The van der Waals surface area contributed by atoms with Crippen LogP contribution in [0, 0.1) is 0 Å². The van der Waals surface area contributed by atoms with Crippen LogP contribution in [0.4, 0.5) is 10.5 Å². The van der Waals surface area contributed by atoms with Crippen molar-refractivity contribution in [1.82, 2.24) is 5.32 Å². The number of fused-ring (bicyclic) bond motifs is 4. The first kappa shape index (κ1) is 17.6. The van der Waals surface area contributed by atoms with Crippen LogP contribution in [-0.2, 0) is 6.61 Å². The first-order chi connectivity index (χ1) is 14.1. The number of amides is 2. The molecule has 2 heterocycles. The van der Waals surface area contributed by atoms with Gasteiger partial charge in [0.05, 0.1) is 6.04 Å². The smallest absolute Gasteiger partial charge is 0.325 e. The summed E-state index contributed by atoms with van der Waals surface area (Å²) in [6.45, 7) is 2.42. The minimum atomic E-state index is -0.798. The number of hydrogen-bond acceptors (Lipinski definition) is 3. The normalized spacial score (nSPS) is 22.3. The molecule has 0 spiro atoms. The van der Waals surface area contributed by atoms with Gasteiger partial charge in [0.15, 0.2) is 17.2 Å². The molecule has 1 fully saturated rings. The summed E-state index contributed by atoms with van der Waals surface area (Å²) < 4.78 is 12.6. The second-order valence-electron chi connectivity index (χ2n) is 7.60. The van der Waals surface area contributed by atoms with E-state index in [9.17, 15) is 4.79 Å². The molecule has 2 amide bonds. The van der Waals surface area contributed by atoms with Crippen LogP contribution >= 0.6 is 0 Å². The van der Waals surface area contributed by atoms with E-state index in [1.807, 2.05) is 85.8 Å². The highest BCUT2D eigenvalue weighted by atomic mass is 16.5. The Hall–Kier alpha value is -3.47. The Balaban J connectivity index is 1.50. The van der Waals surface area contributed by atoms with E-state index in [1.54, 1.807) is 4.90 Å². The quantitative estimate of drug-likeness (QED) is 0.684. The predicted molar refractivity (Wildman–Crippen MR) is 111 cm³/mol. The summed E-state index contributed by atoms with van der Waals surface area (Å²) in [7, 11) is 0. The van der Waals surface area contributed by atoms with Crippen LogP contribution < -0.4 is 19.7 Å². The molecule has 0 saturated carbocycles. The van der Waals surface area contributed by atoms with Gasteiger partial charge in [-0.3, -0.25) is 4.90 Å². The molecule has 1 saturated heterocycles. The third-order valence-electron chi connectivity index (χ3n) is 5.51. The van der Waals surface area contributed by atoms with E-state index < -0.39 is 5.72 Å². The van der Waals surface area contributed by atoms with Crippen LogP contribution in [-0.4, -0.2) is 11.8 Å². The highest BCUT2D eigenvalue weighted by molar-refractivity contribution is 5.95. The molecule has 0 aromatic heterocycles. The predicted octanol–water partition coefficient (Wildman–Crippen LogP) is 5.04. The number of carbonyl (C=O) groups excluding carboxylic acids is 1. The van der Waals surface area contributed by atoms with Gasteiger partial charge in [0, 0.05) is 17.7 Å². The lowest BCUT2D eigenvalue weighted by atomic mass is 9.90. The van der Waals surface area contributed by atoms with Gasteiger partial charge in [0.2, 0.25) is 0 Å². The van der Waals surface area contributed by atoms with Crippen molar-refractivity contribution in [2.75, 3.05) is 4.90 Å². The number of benzene rings is 3. The van der Waals surface area contributed by atoms with Gasteiger partial charge in [-0.05, 0) is 30.7 Å². The van der Waals surface area contributed by atoms with E-state index in [0.717, 1.165) is 16.8 Å². The molecule has 2 aliphatic heterocycles. The van der Waals surface area contributed by atoms with E-state index in [1.165, 1.54) is 0 Å². The molecule has 0 radical (unpaired) electrons. The summed E-state index contributed by atoms with van der Waals surface area (Å²) in [6.07, 6.45) is 0.656. The summed E-state index contributed by atoms with van der Waals surface area (Å²) in [5.41, 5.74) is 2.05. The van der Waals surface area contributed by atoms with Gasteiger partial charge in [-0.15, -0.1) is 0 Å². The minimum Gasteiger partial charge on any atom is -0.485 e. The third-order valence-corrected chi connectivity index (χ3v) is 5.51. The lowest BCUT2D eigenvalue weighted by Crippen LogP contribution is -2.65. The van der Waals surface area contributed by atoms with Crippen LogP contribution in [0.15, 0.2) is 78.9 Å². The number of carbonyl (C=O) groups is 1. The fraction of sp³-hybridized carbons (Fsp3) is 0.208. The van der Waals surface area contributed by atoms with Crippen molar-refractivity contribution >= 4 is 11.7 Å². The molecule has 5 nitrogen and oxygen atoms in total. The molecule has 5 rings (SSSR count). The average Bonchev–Trinajstić information content (AvgIpc) is 2.73. The van der Waals surface area contributed by atoms with E-state index in [0.29, 0.717) is 24.5 Å². The molecule has 0 aliphatic carbocycles. The molecular formula is C24H22N2O3. The number of ether oxygens (including phenoxy) is 2. The average molecular weight is 386 g/mol. The number of rotatable bonds is 4. The Labute approximate surface area is 169 Å². The van der Waals surface area contributed by atoms with Gasteiger partial charge in [0.1, 0.15) is 6.61 Å². The zero-order valence-corrected chi connectivity index (χ0v) is 16.2. The molecule has 3 aromatic rings. The maximum absolute atomic E-state index is 12.9. The molecule has 2 aliphatic rings. The Kier molecular flexibility index (Phi) is 4.16. The van der Waals surface area contributed by atoms with E-state index in [4.69, 9.17) is 9.47 Å². The van der Waals surface area contributed by atoms with Crippen LogP contribution in [0.1, 0.15) is 30.5 Å². The second-order valence-corrected chi connectivity index (χ2v) is 7.60. The van der Waals surface area contributed by atoms with Crippen molar-refractivity contribution in [3.8, 4) is 11.5 Å². The van der Waals surface area contributed by atoms with Crippen LogP contribution in [0.5, 0.6) is 11.5 Å². The first-order valence-corrected chi connectivity index (χ1v) is 9.78. The molecule has 2 atom stereocenters. The van der Waals surface area contributed by atoms with E-state index >= 15 is 0 Å². The number of para-hydroxylation sites is 2. The third kappa shape index (κ3) is 3.09. The van der Waals surface area contributed by atoms with Crippen molar-refractivity contribution < 1.29 is 14.3 Å². The van der Waals surface area contributed by atoms with E-state index in [-0.39, 0.29) is 12.1 Å². The molecule has 1 N–H and O–H groups in total. The van der Waals surface area contributed by atoms with Gasteiger partial charge in [-0.1, -0.05) is 60.7 Å². The molecule has 5 heteroatoms. The number of hydrogen-bond donors (Lipinski definition) is 1. The molecule has 3 aromatic carbocycles. The zero-order valence-electron chi connectivity index (χ0n) is 16.2. The topological polar surface area (TPSA) is 50.8 Å². The summed E-state index contributed by atoms with van der Waals surface area (Å²) in [5, 5.41) is 3.13. The lowest BCUT2D eigenvalue weighted by Gasteiger charge is -2.50. The molecule has 146 valence electrons. The monoisotopic (exact) mass is 386 g/mol. The van der Waals surface area contributed by atoms with Crippen LogP contribution in [0.2, 0.25) is 0 Å². The fourth-order valence-electron chi connectivity index (χ4n) is 4.18. The largest absolute Gasteiger partial charge is 0.485 e. The Morgan fingerprint density at radius 3 is 2.52 bits per heavy atom. The summed E-state index contributed by atoms with van der Waals surface area (Å²) in [5.74, 6) is 1.38. The van der Waals surface area contributed by atoms with Crippen LogP contribution in [0.3, 0.4) is 0 Å². The number of urea groups is 1. The van der Waals surface area contributed by atoms with Crippen molar-refractivity contribution in [2.45, 2.75) is 31.7 Å². The van der Waals surface area contributed by atoms with Gasteiger partial charge < -0.3 is 14.8 Å². The fourth-order valence-corrected chi connectivity index (χ4v) is 4.18. The lowest BCUT2D eigenvalue weighted by molar-refractivity contribution is 0.0339. The molecule has 29 heavy (non-hydrogen) atoms. The standard InChI is InChI=1S/C24H22N2O3/c1-24-15-20(25-23(27)26(24)18-11-6-3-7-12-18)19-13-8-14-21(22(19)29-24)28-16-17-9-4-2-5-10-17/h2-14,20H,15-16H2,1H3,(H,25,27). The number of nitrogens with one attached hydrogen (secondary N) is 1. The molecule has 2 bridgehead atoms. The Morgan fingerprint density at radius 1 is 1.03 bits per heavy atom.